The van der Waals surface area contributed by atoms with Crippen LogP contribution in [0.3, 0.4) is 0 Å². The Morgan fingerprint density at radius 3 is 2.92 bits per heavy atom. The summed E-state index contributed by atoms with van der Waals surface area (Å²) in [6.45, 7) is 2.20. The Kier molecular flexibility index (Phi) is 5.36. The van der Waals surface area contributed by atoms with Crippen molar-refractivity contribution in [2.75, 3.05) is 31.2 Å². The molecule has 1 aliphatic rings. The molecule has 136 valence electrons. The highest BCUT2D eigenvalue weighted by molar-refractivity contribution is 7.92. The lowest BCUT2D eigenvalue weighted by Gasteiger charge is -2.22. The van der Waals surface area contributed by atoms with E-state index in [-0.39, 0.29) is 12.1 Å². The fourth-order valence-corrected chi connectivity index (χ4v) is 3.75. The van der Waals surface area contributed by atoms with Gasteiger partial charge in [-0.2, -0.15) is 5.10 Å². The van der Waals surface area contributed by atoms with Crippen LogP contribution in [0, 0.1) is 0 Å². The van der Waals surface area contributed by atoms with Gasteiger partial charge in [-0.25, -0.2) is 8.42 Å². The Morgan fingerprint density at radius 2 is 2.24 bits per heavy atom. The first-order chi connectivity index (χ1) is 11.9. The van der Waals surface area contributed by atoms with Gasteiger partial charge in [-0.3, -0.25) is 19.3 Å². The second-order valence-corrected chi connectivity index (χ2v) is 8.08. The molecule has 2 aromatic heterocycles. The highest BCUT2D eigenvalue weighted by atomic mass is 32.2. The third kappa shape index (κ3) is 4.77. The van der Waals surface area contributed by atoms with Crippen molar-refractivity contribution in [3.05, 3.63) is 42.5 Å². The van der Waals surface area contributed by atoms with E-state index in [1.165, 1.54) is 6.20 Å². The van der Waals surface area contributed by atoms with Crippen molar-refractivity contribution < 1.29 is 13.2 Å². The van der Waals surface area contributed by atoms with E-state index in [0.29, 0.717) is 12.3 Å². The molecule has 2 atom stereocenters. The molecule has 1 aliphatic heterocycles. The third-order valence-corrected chi connectivity index (χ3v) is 4.84. The van der Waals surface area contributed by atoms with Crippen LogP contribution in [0.4, 0.5) is 5.69 Å². The minimum Gasteiger partial charge on any atom is -0.383 e. The van der Waals surface area contributed by atoms with Gasteiger partial charge in [0.2, 0.25) is 10.0 Å². The standard InChI is InChI=1S/C16H23N5O3S/c1-24-12-16-7-15(11-20(16)9-13-5-3-4-6-17-13)21-10-14(8-18-21)19-25(2,22)23/h3-6,8,10,15-16,19H,7,9,11-12H2,1-2H3/t15-,16-/m0/s1. The molecule has 0 bridgehead atoms. The molecule has 2 aromatic rings. The lowest BCUT2D eigenvalue weighted by atomic mass is 10.2. The zero-order valence-corrected chi connectivity index (χ0v) is 15.2. The number of methoxy groups -OCH3 is 1. The highest BCUT2D eigenvalue weighted by Gasteiger charge is 2.33. The van der Waals surface area contributed by atoms with Gasteiger partial charge in [0.15, 0.2) is 0 Å². The second-order valence-electron chi connectivity index (χ2n) is 6.33. The molecule has 1 fully saturated rings. The number of anilines is 1. The average Bonchev–Trinajstić information content (AvgIpc) is 3.15. The normalized spacial score (nSPS) is 21.5. The quantitative estimate of drug-likeness (QED) is 0.791. The largest absolute Gasteiger partial charge is 0.383 e. The number of pyridine rings is 1. The summed E-state index contributed by atoms with van der Waals surface area (Å²) in [5.41, 5.74) is 1.50. The third-order valence-electron chi connectivity index (χ3n) is 4.23. The number of rotatable bonds is 7. The van der Waals surface area contributed by atoms with Crippen LogP contribution in [-0.2, 0) is 21.3 Å². The smallest absolute Gasteiger partial charge is 0.229 e. The van der Waals surface area contributed by atoms with Crippen molar-refractivity contribution >= 4 is 15.7 Å². The Morgan fingerprint density at radius 1 is 1.40 bits per heavy atom. The van der Waals surface area contributed by atoms with Crippen LogP contribution < -0.4 is 4.72 Å². The summed E-state index contributed by atoms with van der Waals surface area (Å²) in [6.07, 6.45) is 7.09. The maximum absolute atomic E-state index is 11.3. The Hall–Kier alpha value is -1.97. The summed E-state index contributed by atoms with van der Waals surface area (Å²) in [5.74, 6) is 0. The monoisotopic (exact) mass is 365 g/mol. The minimum absolute atomic E-state index is 0.166. The maximum Gasteiger partial charge on any atom is 0.229 e. The van der Waals surface area contributed by atoms with E-state index in [4.69, 9.17) is 4.74 Å². The fraction of sp³-hybridized carbons (Fsp3) is 0.500. The first-order valence-electron chi connectivity index (χ1n) is 8.09. The number of nitrogens with zero attached hydrogens (tertiary/aromatic N) is 4. The number of sulfonamides is 1. The lowest BCUT2D eigenvalue weighted by molar-refractivity contribution is 0.111. The molecule has 25 heavy (non-hydrogen) atoms. The van der Waals surface area contributed by atoms with Crippen LogP contribution >= 0.6 is 0 Å². The lowest BCUT2D eigenvalue weighted by Crippen LogP contribution is -2.32. The van der Waals surface area contributed by atoms with E-state index < -0.39 is 10.0 Å². The van der Waals surface area contributed by atoms with Gasteiger partial charge in [-0.05, 0) is 18.6 Å². The zero-order valence-electron chi connectivity index (χ0n) is 14.4. The molecule has 1 N–H and O–H groups in total. The van der Waals surface area contributed by atoms with E-state index in [9.17, 15) is 8.42 Å². The van der Waals surface area contributed by atoms with E-state index in [0.717, 1.165) is 31.5 Å². The molecule has 0 unspecified atom stereocenters. The molecule has 0 aromatic carbocycles. The van der Waals surface area contributed by atoms with Crippen LogP contribution in [0.2, 0.25) is 0 Å². The number of hydrogen-bond acceptors (Lipinski definition) is 6. The van der Waals surface area contributed by atoms with E-state index in [2.05, 4.69) is 19.7 Å². The molecule has 0 radical (unpaired) electrons. The van der Waals surface area contributed by atoms with E-state index in [1.54, 1.807) is 19.5 Å². The van der Waals surface area contributed by atoms with Crippen LogP contribution in [0.5, 0.6) is 0 Å². The van der Waals surface area contributed by atoms with Crippen molar-refractivity contribution in [3.8, 4) is 0 Å². The minimum atomic E-state index is -3.30. The van der Waals surface area contributed by atoms with Crippen molar-refractivity contribution in [2.24, 2.45) is 0 Å². The average molecular weight is 365 g/mol. The molecule has 0 aliphatic carbocycles. The molecule has 3 heterocycles. The molecule has 3 rings (SSSR count). The van der Waals surface area contributed by atoms with Crippen LogP contribution in [0.25, 0.3) is 0 Å². The van der Waals surface area contributed by atoms with Gasteiger partial charge in [-0.15, -0.1) is 0 Å². The molecule has 0 saturated carbocycles. The van der Waals surface area contributed by atoms with Gasteiger partial charge in [0, 0.05) is 38.6 Å². The number of hydrogen-bond donors (Lipinski definition) is 1. The molecule has 0 amide bonds. The van der Waals surface area contributed by atoms with E-state index >= 15 is 0 Å². The van der Waals surface area contributed by atoms with Crippen molar-refractivity contribution in [1.82, 2.24) is 19.7 Å². The Balaban J connectivity index is 1.71. The molecule has 8 nitrogen and oxygen atoms in total. The first-order valence-corrected chi connectivity index (χ1v) is 9.98. The van der Waals surface area contributed by atoms with Crippen LogP contribution in [0.15, 0.2) is 36.8 Å². The van der Waals surface area contributed by atoms with Gasteiger partial charge in [-0.1, -0.05) is 6.07 Å². The summed E-state index contributed by atoms with van der Waals surface area (Å²) in [4.78, 5) is 6.73. The van der Waals surface area contributed by atoms with Gasteiger partial charge in [0.05, 0.1) is 36.5 Å². The Bertz CT molecular complexity index is 793. The topological polar surface area (TPSA) is 89.3 Å². The zero-order chi connectivity index (χ0) is 17.9. The number of ether oxygens (including phenoxy) is 1. The predicted molar refractivity (Wildman–Crippen MR) is 94.7 cm³/mol. The number of likely N-dealkylation sites (tertiary alicyclic amines) is 1. The Labute approximate surface area is 147 Å². The van der Waals surface area contributed by atoms with Crippen LogP contribution in [-0.4, -0.2) is 60.6 Å². The number of aromatic nitrogens is 3. The summed E-state index contributed by atoms with van der Waals surface area (Å²) >= 11 is 0. The number of nitrogens with one attached hydrogen (secondary N) is 1. The highest BCUT2D eigenvalue weighted by Crippen LogP contribution is 2.29. The SMILES string of the molecule is COC[C@@H]1C[C@H](n2cc(NS(C)(=O)=O)cn2)CN1Cc1ccccn1. The van der Waals surface area contributed by atoms with Crippen molar-refractivity contribution in [1.29, 1.82) is 0 Å². The maximum atomic E-state index is 11.3. The van der Waals surface area contributed by atoms with Gasteiger partial charge >= 0.3 is 0 Å². The summed E-state index contributed by atoms with van der Waals surface area (Å²) in [7, 11) is -1.60. The molecule has 1 saturated heterocycles. The van der Waals surface area contributed by atoms with E-state index in [1.807, 2.05) is 22.9 Å². The van der Waals surface area contributed by atoms with Gasteiger partial charge < -0.3 is 4.74 Å². The summed E-state index contributed by atoms with van der Waals surface area (Å²) in [5, 5.41) is 4.33. The van der Waals surface area contributed by atoms with Crippen LogP contribution in [0.1, 0.15) is 18.2 Å². The first kappa shape index (κ1) is 17.8. The van der Waals surface area contributed by atoms with Gasteiger partial charge in [0.1, 0.15) is 0 Å². The fourth-order valence-electron chi connectivity index (χ4n) is 3.21. The molecular weight excluding hydrogens is 342 g/mol. The molecule has 9 heteroatoms. The van der Waals surface area contributed by atoms with Crippen molar-refractivity contribution in [3.63, 3.8) is 0 Å². The van der Waals surface area contributed by atoms with Gasteiger partial charge in [0.25, 0.3) is 0 Å². The summed E-state index contributed by atoms with van der Waals surface area (Å²) in [6, 6.07) is 6.34. The predicted octanol–water partition coefficient (Wildman–Crippen LogP) is 1.11. The molecular formula is C16H23N5O3S. The van der Waals surface area contributed by atoms with Crippen molar-refractivity contribution in [2.45, 2.75) is 25.0 Å². The summed E-state index contributed by atoms with van der Waals surface area (Å²) < 4.78 is 32.3. The second kappa shape index (κ2) is 7.51. The molecule has 0 spiro atoms.